The number of thiazole rings is 1. The molecular weight excluding hydrogens is 390 g/mol. The number of aliphatic hydroxyl groups excluding tert-OH is 1. The van der Waals surface area contributed by atoms with E-state index in [1.165, 1.54) is 11.3 Å². The van der Waals surface area contributed by atoms with E-state index in [0.29, 0.717) is 22.5 Å². The van der Waals surface area contributed by atoms with Crippen molar-refractivity contribution >= 4 is 32.6 Å². The number of nitrogens with two attached hydrogens (primary N) is 1. The van der Waals surface area contributed by atoms with Crippen molar-refractivity contribution in [2.75, 3.05) is 31.4 Å². The molecular formula is C20H27N5O3S. The number of ether oxygens (including phenoxy) is 2. The van der Waals surface area contributed by atoms with Crippen molar-refractivity contribution < 1.29 is 14.6 Å². The molecule has 0 saturated heterocycles. The zero-order chi connectivity index (χ0) is 21.0. The molecule has 0 fully saturated rings. The molecule has 8 nitrogen and oxygen atoms in total. The Hall–Kier alpha value is -2.65. The van der Waals surface area contributed by atoms with Crippen molar-refractivity contribution in [3.63, 3.8) is 0 Å². The van der Waals surface area contributed by atoms with Gasteiger partial charge in [0.2, 0.25) is 0 Å². The first-order valence-electron chi connectivity index (χ1n) is 9.45. The zero-order valence-electron chi connectivity index (χ0n) is 17.1. The van der Waals surface area contributed by atoms with Crippen LogP contribution in [0.2, 0.25) is 0 Å². The van der Waals surface area contributed by atoms with Crippen molar-refractivity contribution in [1.82, 2.24) is 15.0 Å². The van der Waals surface area contributed by atoms with Gasteiger partial charge in [-0.1, -0.05) is 43.4 Å². The number of nitrogen functional groups attached to an aromatic ring is 1. The number of hydrogen-bond acceptors (Lipinski definition) is 9. The second-order valence-corrected chi connectivity index (χ2v) is 8.24. The van der Waals surface area contributed by atoms with Crippen molar-refractivity contribution in [1.29, 1.82) is 0 Å². The van der Waals surface area contributed by atoms with Gasteiger partial charge in [-0.05, 0) is 18.4 Å². The summed E-state index contributed by atoms with van der Waals surface area (Å²) in [5, 5.41) is 10.3. The van der Waals surface area contributed by atoms with Gasteiger partial charge in [0.05, 0.1) is 19.8 Å². The van der Waals surface area contributed by atoms with Gasteiger partial charge in [-0.15, -0.1) is 0 Å². The largest absolute Gasteiger partial charge is 0.496 e. The fourth-order valence-corrected chi connectivity index (χ4v) is 3.95. The van der Waals surface area contributed by atoms with Crippen LogP contribution in [0.1, 0.15) is 25.8 Å². The topological polar surface area (TPSA) is 107 Å². The highest BCUT2D eigenvalue weighted by Crippen LogP contribution is 2.33. The van der Waals surface area contributed by atoms with Crippen molar-refractivity contribution in [3.05, 3.63) is 29.8 Å². The molecule has 0 radical (unpaired) electrons. The summed E-state index contributed by atoms with van der Waals surface area (Å²) in [5.41, 5.74) is 7.29. The summed E-state index contributed by atoms with van der Waals surface area (Å²) >= 11 is 1.33. The number of para-hydroxylation sites is 1. The van der Waals surface area contributed by atoms with Crippen LogP contribution in [0.25, 0.3) is 10.3 Å². The summed E-state index contributed by atoms with van der Waals surface area (Å²) in [7, 11) is 3.53. The number of anilines is 2. The number of hydrogen-bond donors (Lipinski definition) is 2. The Balaban J connectivity index is 1.93. The van der Waals surface area contributed by atoms with E-state index in [1.807, 2.05) is 36.2 Å². The third-order valence-corrected chi connectivity index (χ3v) is 5.49. The number of rotatable bonds is 9. The standard InChI is InChI=1S/C20H27N5O3S/c1-12(2)9-14(10-26)25(3)18-16-17(22-19(21)29-16)23-20(24-18)28-11-13-7-5-6-8-15(13)27-4/h5-8,12,14,26H,9-11H2,1-4H3,(H2,21,22,23,24)/t14-/m1/s1. The lowest BCUT2D eigenvalue weighted by Gasteiger charge is -2.29. The molecule has 156 valence electrons. The number of aliphatic hydroxyl groups is 1. The number of aromatic nitrogens is 3. The van der Waals surface area contributed by atoms with Crippen LogP contribution >= 0.6 is 11.3 Å². The maximum Gasteiger partial charge on any atom is 0.320 e. The summed E-state index contributed by atoms with van der Waals surface area (Å²) in [6, 6.07) is 7.75. The highest BCUT2D eigenvalue weighted by Gasteiger charge is 2.23. The highest BCUT2D eigenvalue weighted by molar-refractivity contribution is 7.22. The fourth-order valence-electron chi connectivity index (χ4n) is 3.15. The van der Waals surface area contributed by atoms with Crippen LogP contribution in [0.3, 0.4) is 0 Å². The molecule has 2 aromatic heterocycles. The lowest BCUT2D eigenvalue weighted by molar-refractivity contribution is 0.244. The van der Waals surface area contributed by atoms with Crippen LogP contribution in [-0.4, -0.2) is 46.9 Å². The van der Waals surface area contributed by atoms with Crippen molar-refractivity contribution in [2.45, 2.75) is 32.9 Å². The molecule has 0 aliphatic carbocycles. The van der Waals surface area contributed by atoms with Gasteiger partial charge in [-0.2, -0.15) is 15.0 Å². The smallest absolute Gasteiger partial charge is 0.320 e. The van der Waals surface area contributed by atoms with Gasteiger partial charge in [-0.25, -0.2) is 0 Å². The van der Waals surface area contributed by atoms with Gasteiger partial charge in [0, 0.05) is 12.6 Å². The second kappa shape index (κ2) is 9.23. The molecule has 0 aliphatic rings. The maximum absolute atomic E-state index is 9.90. The summed E-state index contributed by atoms with van der Waals surface area (Å²) in [4.78, 5) is 15.3. The SMILES string of the molecule is COc1ccccc1COc1nc(N(C)[C@@H](CO)CC(C)C)c2sc(N)nc2n1. The van der Waals surface area contributed by atoms with E-state index in [2.05, 4.69) is 28.8 Å². The Morgan fingerprint density at radius 1 is 1.21 bits per heavy atom. The molecule has 3 aromatic rings. The molecule has 1 aromatic carbocycles. The third-order valence-electron chi connectivity index (χ3n) is 4.62. The Bertz CT molecular complexity index is 962. The Morgan fingerprint density at radius 2 is 1.97 bits per heavy atom. The van der Waals surface area contributed by atoms with Crippen LogP contribution in [0.4, 0.5) is 10.9 Å². The normalized spacial score (nSPS) is 12.3. The quantitative estimate of drug-likeness (QED) is 0.547. The molecule has 3 rings (SSSR count). The lowest BCUT2D eigenvalue weighted by atomic mass is 10.0. The van der Waals surface area contributed by atoms with Gasteiger partial charge < -0.3 is 25.2 Å². The molecule has 29 heavy (non-hydrogen) atoms. The number of likely N-dealkylation sites (N-methyl/N-ethyl adjacent to an activating group) is 1. The summed E-state index contributed by atoms with van der Waals surface area (Å²) in [5.74, 6) is 1.82. The molecule has 0 amide bonds. The van der Waals surface area contributed by atoms with E-state index in [4.69, 9.17) is 15.2 Å². The number of methoxy groups -OCH3 is 1. The number of nitrogens with zero attached hydrogens (tertiary/aromatic N) is 4. The monoisotopic (exact) mass is 417 g/mol. The minimum absolute atomic E-state index is 0.0197. The molecule has 0 unspecified atom stereocenters. The van der Waals surface area contributed by atoms with Crippen molar-refractivity contribution in [2.24, 2.45) is 5.92 Å². The minimum Gasteiger partial charge on any atom is -0.496 e. The minimum atomic E-state index is -0.0847. The van der Waals surface area contributed by atoms with Gasteiger partial charge >= 0.3 is 6.01 Å². The summed E-state index contributed by atoms with van der Waals surface area (Å²) < 4.78 is 12.0. The van der Waals surface area contributed by atoms with Crippen LogP contribution < -0.4 is 20.1 Å². The Morgan fingerprint density at radius 3 is 2.66 bits per heavy atom. The number of fused-ring (bicyclic) bond motifs is 1. The third kappa shape index (κ3) is 4.86. The lowest BCUT2D eigenvalue weighted by Crippen LogP contribution is -2.36. The molecule has 9 heteroatoms. The van der Waals surface area contributed by atoms with Crippen LogP contribution in [-0.2, 0) is 6.61 Å². The molecule has 0 spiro atoms. The molecule has 2 heterocycles. The molecule has 3 N–H and O–H groups in total. The van der Waals surface area contributed by atoms with Gasteiger partial charge in [-0.3, -0.25) is 0 Å². The van der Waals surface area contributed by atoms with Crippen molar-refractivity contribution in [3.8, 4) is 11.8 Å². The summed E-state index contributed by atoms with van der Waals surface area (Å²) in [6.45, 7) is 4.52. The predicted octanol–water partition coefficient (Wildman–Crippen LogP) is 3.10. The fraction of sp³-hybridized carbons (Fsp3) is 0.450. The molecule has 0 aliphatic heterocycles. The Labute approximate surface area is 174 Å². The van der Waals surface area contributed by atoms with E-state index in [9.17, 15) is 5.11 Å². The second-order valence-electron chi connectivity index (χ2n) is 7.21. The van der Waals surface area contributed by atoms with E-state index in [0.717, 1.165) is 22.4 Å². The van der Waals surface area contributed by atoms with Crippen LogP contribution in [0, 0.1) is 5.92 Å². The van der Waals surface area contributed by atoms with Gasteiger partial charge in [0.15, 0.2) is 16.6 Å². The molecule has 0 bridgehead atoms. The molecule has 0 saturated carbocycles. The maximum atomic E-state index is 9.90. The van der Waals surface area contributed by atoms with E-state index < -0.39 is 0 Å². The van der Waals surface area contributed by atoms with E-state index in [1.54, 1.807) is 7.11 Å². The first kappa shape index (κ1) is 21.1. The number of benzene rings is 1. The predicted molar refractivity (Wildman–Crippen MR) is 116 cm³/mol. The van der Waals surface area contributed by atoms with Gasteiger partial charge in [0.1, 0.15) is 17.1 Å². The van der Waals surface area contributed by atoms with E-state index in [-0.39, 0.29) is 25.3 Å². The van der Waals surface area contributed by atoms with Crippen LogP contribution in [0.5, 0.6) is 11.8 Å². The average Bonchev–Trinajstić information content (AvgIpc) is 3.09. The highest BCUT2D eigenvalue weighted by atomic mass is 32.1. The first-order chi connectivity index (χ1) is 13.9. The van der Waals surface area contributed by atoms with Gasteiger partial charge in [0.25, 0.3) is 0 Å². The van der Waals surface area contributed by atoms with E-state index >= 15 is 0 Å². The van der Waals surface area contributed by atoms with Crippen LogP contribution in [0.15, 0.2) is 24.3 Å². The summed E-state index contributed by atoms with van der Waals surface area (Å²) in [6.07, 6.45) is 0.824. The first-order valence-corrected chi connectivity index (χ1v) is 10.3. The average molecular weight is 418 g/mol. The Kier molecular flexibility index (Phi) is 6.71. The zero-order valence-corrected chi connectivity index (χ0v) is 17.9. The molecule has 1 atom stereocenters.